The molecule has 20 heavy (non-hydrogen) atoms. The van der Waals surface area contributed by atoms with Crippen molar-refractivity contribution in [1.29, 1.82) is 0 Å². The highest BCUT2D eigenvalue weighted by molar-refractivity contribution is 7.92. The number of fused-ring (bicyclic) bond motifs is 1. The number of benzene rings is 1. The van der Waals surface area contributed by atoms with Crippen LogP contribution in [0.15, 0.2) is 18.2 Å². The molecule has 5 heteroatoms. The largest absolute Gasteiger partial charge is 0.497 e. The Morgan fingerprint density at radius 1 is 1.40 bits per heavy atom. The summed E-state index contributed by atoms with van der Waals surface area (Å²) in [7, 11) is -1.52. The normalized spacial score (nSPS) is 22.4. The van der Waals surface area contributed by atoms with Gasteiger partial charge in [0.05, 0.1) is 18.1 Å². The lowest BCUT2D eigenvalue weighted by Crippen LogP contribution is -2.38. The number of methoxy groups -OCH3 is 1. The molecule has 2 atom stereocenters. The second-order valence-electron chi connectivity index (χ2n) is 5.39. The summed E-state index contributed by atoms with van der Waals surface area (Å²) in [6.07, 6.45) is 2.97. The van der Waals surface area contributed by atoms with Crippen LogP contribution >= 0.6 is 0 Å². The van der Waals surface area contributed by atoms with Crippen LogP contribution in [-0.4, -0.2) is 26.5 Å². The van der Waals surface area contributed by atoms with Crippen molar-refractivity contribution in [2.24, 2.45) is 5.73 Å². The van der Waals surface area contributed by atoms with Crippen LogP contribution in [0.2, 0.25) is 0 Å². The van der Waals surface area contributed by atoms with Gasteiger partial charge in [-0.05, 0) is 42.5 Å². The van der Waals surface area contributed by atoms with Crippen LogP contribution in [0.4, 0.5) is 0 Å². The summed E-state index contributed by atoms with van der Waals surface area (Å²) < 4.78 is 30.0. The van der Waals surface area contributed by atoms with E-state index in [4.69, 9.17) is 10.5 Å². The fourth-order valence-corrected chi connectivity index (χ4v) is 4.88. The molecule has 112 valence electrons. The molecule has 0 amide bonds. The maximum absolute atomic E-state index is 12.4. The highest BCUT2D eigenvalue weighted by Crippen LogP contribution is 2.35. The molecule has 0 heterocycles. The van der Waals surface area contributed by atoms with Crippen molar-refractivity contribution < 1.29 is 13.2 Å². The van der Waals surface area contributed by atoms with Gasteiger partial charge in [0.25, 0.3) is 0 Å². The first-order valence-electron chi connectivity index (χ1n) is 7.13. The van der Waals surface area contributed by atoms with Crippen molar-refractivity contribution in [2.45, 2.75) is 43.9 Å². The van der Waals surface area contributed by atoms with Crippen molar-refractivity contribution in [3.8, 4) is 5.75 Å². The molecule has 0 aliphatic heterocycles. The Morgan fingerprint density at radius 3 is 2.80 bits per heavy atom. The van der Waals surface area contributed by atoms with Gasteiger partial charge in [0.15, 0.2) is 9.84 Å². The quantitative estimate of drug-likeness (QED) is 0.905. The number of hydrogen-bond donors (Lipinski definition) is 1. The number of hydrogen-bond acceptors (Lipinski definition) is 4. The molecule has 2 N–H and O–H groups in total. The lowest BCUT2D eigenvalue weighted by atomic mass is 9.87. The van der Waals surface area contributed by atoms with Crippen LogP contribution in [0.5, 0.6) is 5.75 Å². The van der Waals surface area contributed by atoms with E-state index >= 15 is 0 Å². The summed E-state index contributed by atoms with van der Waals surface area (Å²) in [5.41, 5.74) is 8.29. The van der Waals surface area contributed by atoms with Gasteiger partial charge in [0.1, 0.15) is 5.75 Å². The SMILES string of the molecule is CCCCS(=O)(=O)C1CCc2ccc(OC)cc2C1N. The molecule has 0 bridgehead atoms. The van der Waals surface area contributed by atoms with Crippen molar-refractivity contribution in [3.63, 3.8) is 0 Å². The van der Waals surface area contributed by atoms with Gasteiger partial charge in [-0.25, -0.2) is 8.42 Å². The van der Waals surface area contributed by atoms with E-state index in [-0.39, 0.29) is 5.75 Å². The first-order valence-corrected chi connectivity index (χ1v) is 8.85. The Morgan fingerprint density at radius 2 is 2.15 bits per heavy atom. The molecule has 4 nitrogen and oxygen atoms in total. The molecular formula is C15H23NO3S. The van der Waals surface area contributed by atoms with E-state index in [9.17, 15) is 8.42 Å². The molecule has 1 aromatic rings. The fraction of sp³-hybridized carbons (Fsp3) is 0.600. The molecule has 1 aromatic carbocycles. The minimum absolute atomic E-state index is 0.237. The van der Waals surface area contributed by atoms with Gasteiger partial charge < -0.3 is 10.5 Å². The van der Waals surface area contributed by atoms with Crippen LogP contribution in [0.25, 0.3) is 0 Å². The molecule has 1 aliphatic rings. The Bertz CT molecular complexity index is 568. The average molecular weight is 297 g/mol. The Labute approximate surface area is 121 Å². The Hall–Kier alpha value is -1.07. The molecule has 0 spiro atoms. The fourth-order valence-electron chi connectivity index (χ4n) is 2.82. The predicted molar refractivity (Wildman–Crippen MR) is 80.7 cm³/mol. The molecule has 0 saturated carbocycles. The minimum atomic E-state index is -3.12. The summed E-state index contributed by atoms with van der Waals surface area (Å²) in [5, 5.41) is -0.464. The number of nitrogens with two attached hydrogens (primary N) is 1. The molecule has 0 aromatic heterocycles. The Balaban J connectivity index is 2.28. The third-order valence-electron chi connectivity index (χ3n) is 4.05. The lowest BCUT2D eigenvalue weighted by Gasteiger charge is -2.31. The number of ether oxygens (including phenoxy) is 1. The predicted octanol–water partition coefficient (Wildman–Crippen LogP) is 2.22. The van der Waals surface area contributed by atoms with Gasteiger partial charge in [-0.3, -0.25) is 0 Å². The average Bonchev–Trinajstić information content (AvgIpc) is 2.45. The van der Waals surface area contributed by atoms with Crippen molar-refractivity contribution in [3.05, 3.63) is 29.3 Å². The van der Waals surface area contributed by atoms with Crippen molar-refractivity contribution in [2.75, 3.05) is 12.9 Å². The van der Waals surface area contributed by atoms with Crippen LogP contribution in [0, 0.1) is 0 Å². The lowest BCUT2D eigenvalue weighted by molar-refractivity contribution is 0.412. The topological polar surface area (TPSA) is 69.4 Å². The number of rotatable bonds is 5. The van der Waals surface area contributed by atoms with Crippen molar-refractivity contribution >= 4 is 9.84 Å². The highest BCUT2D eigenvalue weighted by Gasteiger charge is 2.35. The zero-order valence-corrected chi connectivity index (χ0v) is 12.9. The zero-order chi connectivity index (χ0) is 14.8. The first kappa shape index (κ1) is 15.3. The van der Waals surface area contributed by atoms with Gasteiger partial charge in [-0.1, -0.05) is 19.4 Å². The van der Waals surface area contributed by atoms with E-state index in [1.807, 2.05) is 25.1 Å². The summed E-state index contributed by atoms with van der Waals surface area (Å²) in [5.74, 6) is 0.965. The summed E-state index contributed by atoms with van der Waals surface area (Å²) in [6.45, 7) is 2.00. The van der Waals surface area contributed by atoms with Gasteiger partial charge in [0.2, 0.25) is 0 Å². The van der Waals surface area contributed by atoms with Gasteiger partial charge in [-0.2, -0.15) is 0 Å². The number of unbranched alkanes of at least 4 members (excludes halogenated alkanes) is 1. The first-order chi connectivity index (χ1) is 9.49. The highest BCUT2D eigenvalue weighted by atomic mass is 32.2. The van der Waals surface area contributed by atoms with Crippen LogP contribution in [0.1, 0.15) is 43.4 Å². The van der Waals surface area contributed by atoms with E-state index in [2.05, 4.69) is 0 Å². The van der Waals surface area contributed by atoms with Gasteiger partial charge >= 0.3 is 0 Å². The summed E-state index contributed by atoms with van der Waals surface area (Å²) >= 11 is 0. The molecule has 0 fully saturated rings. The van der Waals surface area contributed by atoms with Crippen molar-refractivity contribution in [1.82, 2.24) is 0 Å². The summed E-state index contributed by atoms with van der Waals surface area (Å²) in [6, 6.07) is 5.32. The van der Waals surface area contributed by atoms with E-state index in [0.29, 0.717) is 12.8 Å². The smallest absolute Gasteiger partial charge is 0.155 e. The molecule has 0 radical (unpaired) electrons. The minimum Gasteiger partial charge on any atom is -0.497 e. The standard InChI is InChI=1S/C15H23NO3S/c1-3-4-9-20(17,18)14-8-6-11-5-7-12(19-2)10-13(11)15(14)16/h5,7,10,14-15H,3-4,6,8-9,16H2,1-2H3. The molecule has 1 aliphatic carbocycles. The van der Waals surface area contributed by atoms with Gasteiger partial charge in [0, 0.05) is 6.04 Å². The van der Waals surface area contributed by atoms with E-state index < -0.39 is 21.1 Å². The monoisotopic (exact) mass is 297 g/mol. The maximum atomic E-state index is 12.4. The molecule has 2 unspecified atom stereocenters. The molecule has 2 rings (SSSR count). The number of sulfone groups is 1. The summed E-state index contributed by atoms with van der Waals surface area (Å²) in [4.78, 5) is 0. The van der Waals surface area contributed by atoms with Gasteiger partial charge in [-0.15, -0.1) is 0 Å². The Kier molecular flexibility index (Phi) is 4.70. The van der Waals surface area contributed by atoms with Crippen LogP contribution in [-0.2, 0) is 16.3 Å². The van der Waals surface area contributed by atoms with E-state index in [0.717, 1.165) is 29.7 Å². The molecule has 0 saturated heterocycles. The third-order valence-corrected chi connectivity index (χ3v) is 6.36. The second kappa shape index (κ2) is 6.14. The number of aryl methyl sites for hydroxylation is 1. The van der Waals surface area contributed by atoms with Crippen LogP contribution < -0.4 is 10.5 Å². The van der Waals surface area contributed by atoms with Crippen LogP contribution in [0.3, 0.4) is 0 Å². The molecular weight excluding hydrogens is 274 g/mol. The van der Waals surface area contributed by atoms with E-state index in [1.54, 1.807) is 7.11 Å². The maximum Gasteiger partial charge on any atom is 0.155 e. The zero-order valence-electron chi connectivity index (χ0n) is 12.1. The van der Waals surface area contributed by atoms with E-state index in [1.165, 1.54) is 0 Å². The second-order valence-corrected chi connectivity index (χ2v) is 7.73. The third kappa shape index (κ3) is 2.99.